The number of nitrogens with two attached hydrogens (primary N) is 1. The van der Waals surface area contributed by atoms with Crippen molar-refractivity contribution in [3.63, 3.8) is 0 Å². The van der Waals surface area contributed by atoms with Gasteiger partial charge in [-0.3, -0.25) is 0 Å². The normalized spacial score (nSPS) is 12.6. The number of rotatable bonds is 4. The highest BCUT2D eigenvalue weighted by Crippen LogP contribution is 2.26. The first-order valence-electron chi connectivity index (χ1n) is 4.80. The second-order valence-corrected chi connectivity index (χ2v) is 3.46. The van der Waals surface area contributed by atoms with Crippen molar-refractivity contribution in [1.29, 1.82) is 0 Å². The summed E-state index contributed by atoms with van der Waals surface area (Å²) >= 11 is 0. The molecule has 0 bridgehead atoms. The predicted molar refractivity (Wildman–Crippen MR) is 56.3 cm³/mol. The van der Waals surface area contributed by atoms with Crippen molar-refractivity contribution in [2.24, 2.45) is 5.73 Å². The Morgan fingerprint density at radius 3 is 2.73 bits per heavy atom. The molecule has 0 aliphatic carbocycles. The molecule has 0 saturated heterocycles. The molecule has 1 aromatic rings. The molecule has 1 rings (SSSR count). The third-order valence-electron chi connectivity index (χ3n) is 2.38. The van der Waals surface area contributed by atoms with Crippen molar-refractivity contribution in [2.45, 2.75) is 19.4 Å². The van der Waals surface area contributed by atoms with Crippen LogP contribution in [0.1, 0.15) is 23.6 Å². The van der Waals surface area contributed by atoms with Crippen molar-refractivity contribution in [3.05, 3.63) is 29.1 Å². The summed E-state index contributed by atoms with van der Waals surface area (Å²) in [6.07, 6.45) is 0.423. The SMILES string of the molecule is COc1cc(C)c(C(N)CCO)cc1F. The van der Waals surface area contributed by atoms with E-state index in [9.17, 15) is 4.39 Å². The molecular weight excluding hydrogens is 197 g/mol. The van der Waals surface area contributed by atoms with E-state index < -0.39 is 5.82 Å². The fourth-order valence-electron chi connectivity index (χ4n) is 1.52. The van der Waals surface area contributed by atoms with Crippen LogP contribution in [0.5, 0.6) is 5.75 Å². The van der Waals surface area contributed by atoms with E-state index in [1.165, 1.54) is 13.2 Å². The van der Waals surface area contributed by atoms with Crippen molar-refractivity contribution in [1.82, 2.24) is 0 Å². The van der Waals surface area contributed by atoms with E-state index in [-0.39, 0.29) is 18.4 Å². The standard InChI is InChI=1S/C11H16FNO2/c1-7-5-11(15-2)9(12)6-8(7)10(13)3-4-14/h5-6,10,14H,3-4,13H2,1-2H3. The van der Waals surface area contributed by atoms with Crippen LogP contribution in [0.3, 0.4) is 0 Å². The Morgan fingerprint density at radius 1 is 1.53 bits per heavy atom. The molecule has 0 aliphatic heterocycles. The van der Waals surface area contributed by atoms with Gasteiger partial charge in [-0.25, -0.2) is 4.39 Å². The third kappa shape index (κ3) is 2.67. The highest BCUT2D eigenvalue weighted by molar-refractivity contribution is 5.37. The van der Waals surface area contributed by atoms with Gasteiger partial charge in [-0.1, -0.05) is 0 Å². The van der Waals surface area contributed by atoms with Crippen molar-refractivity contribution in [3.8, 4) is 5.75 Å². The molecule has 1 unspecified atom stereocenters. The molecule has 0 saturated carbocycles. The summed E-state index contributed by atoms with van der Waals surface area (Å²) in [5, 5.41) is 8.76. The highest BCUT2D eigenvalue weighted by atomic mass is 19.1. The monoisotopic (exact) mass is 213 g/mol. The third-order valence-corrected chi connectivity index (χ3v) is 2.38. The van der Waals surface area contributed by atoms with Crippen LogP contribution in [0.4, 0.5) is 4.39 Å². The van der Waals surface area contributed by atoms with Gasteiger partial charge in [0.2, 0.25) is 0 Å². The number of aryl methyl sites for hydroxylation is 1. The quantitative estimate of drug-likeness (QED) is 0.797. The lowest BCUT2D eigenvalue weighted by molar-refractivity contribution is 0.276. The topological polar surface area (TPSA) is 55.5 Å². The first kappa shape index (κ1) is 11.9. The van der Waals surface area contributed by atoms with Crippen LogP contribution in [-0.2, 0) is 0 Å². The van der Waals surface area contributed by atoms with E-state index in [0.717, 1.165) is 5.56 Å². The van der Waals surface area contributed by atoms with Gasteiger partial charge in [-0.2, -0.15) is 0 Å². The van der Waals surface area contributed by atoms with Crippen LogP contribution in [0.2, 0.25) is 0 Å². The Balaban J connectivity index is 3.04. The average molecular weight is 213 g/mol. The molecule has 0 heterocycles. The largest absolute Gasteiger partial charge is 0.494 e. The summed E-state index contributed by atoms with van der Waals surface area (Å²) in [7, 11) is 1.42. The fraction of sp³-hybridized carbons (Fsp3) is 0.455. The number of hydrogen-bond donors (Lipinski definition) is 2. The van der Waals surface area contributed by atoms with Crippen LogP contribution >= 0.6 is 0 Å². The molecule has 84 valence electrons. The van der Waals surface area contributed by atoms with Gasteiger partial charge in [0.25, 0.3) is 0 Å². The molecule has 0 spiro atoms. The Labute approximate surface area is 88.7 Å². The fourth-order valence-corrected chi connectivity index (χ4v) is 1.52. The number of aliphatic hydroxyl groups excluding tert-OH is 1. The molecule has 0 radical (unpaired) electrons. The Morgan fingerprint density at radius 2 is 2.20 bits per heavy atom. The first-order valence-corrected chi connectivity index (χ1v) is 4.80. The molecule has 3 nitrogen and oxygen atoms in total. The Hall–Kier alpha value is -1.13. The lowest BCUT2D eigenvalue weighted by Crippen LogP contribution is -2.13. The molecular formula is C11H16FNO2. The second-order valence-electron chi connectivity index (χ2n) is 3.46. The minimum atomic E-state index is -0.425. The van der Waals surface area contributed by atoms with Crippen LogP contribution in [0.15, 0.2) is 12.1 Å². The molecule has 15 heavy (non-hydrogen) atoms. The van der Waals surface area contributed by atoms with Crippen molar-refractivity contribution < 1.29 is 14.2 Å². The number of halogens is 1. The maximum atomic E-state index is 13.4. The van der Waals surface area contributed by atoms with Gasteiger partial charge >= 0.3 is 0 Å². The van der Waals surface area contributed by atoms with Gasteiger partial charge in [0.05, 0.1) is 7.11 Å². The number of ether oxygens (including phenoxy) is 1. The summed E-state index contributed by atoms with van der Waals surface area (Å²) < 4.78 is 18.2. The van der Waals surface area contributed by atoms with E-state index in [4.69, 9.17) is 15.6 Å². The number of benzene rings is 1. The van der Waals surface area contributed by atoms with Gasteiger partial charge in [0.1, 0.15) is 0 Å². The molecule has 1 aromatic carbocycles. The number of aliphatic hydroxyl groups is 1. The van der Waals surface area contributed by atoms with Gasteiger partial charge in [-0.05, 0) is 36.6 Å². The Kier molecular flexibility index (Phi) is 4.05. The summed E-state index contributed by atoms with van der Waals surface area (Å²) in [5.41, 5.74) is 7.38. The maximum absolute atomic E-state index is 13.4. The predicted octanol–water partition coefficient (Wildman–Crippen LogP) is 1.52. The van der Waals surface area contributed by atoms with Gasteiger partial charge in [0.15, 0.2) is 11.6 Å². The summed E-state index contributed by atoms with van der Waals surface area (Å²) in [6, 6.07) is 2.64. The van der Waals surface area contributed by atoms with Crippen molar-refractivity contribution in [2.75, 3.05) is 13.7 Å². The molecule has 1 atom stereocenters. The first-order chi connectivity index (χ1) is 7.10. The molecule has 0 amide bonds. The van der Waals surface area contributed by atoms with E-state index in [0.29, 0.717) is 12.0 Å². The van der Waals surface area contributed by atoms with Crippen LogP contribution in [0, 0.1) is 12.7 Å². The molecule has 4 heteroatoms. The van der Waals surface area contributed by atoms with Crippen LogP contribution in [-0.4, -0.2) is 18.8 Å². The van der Waals surface area contributed by atoms with Gasteiger partial charge < -0.3 is 15.6 Å². The van der Waals surface area contributed by atoms with Crippen LogP contribution < -0.4 is 10.5 Å². The lowest BCUT2D eigenvalue weighted by atomic mass is 9.99. The molecule has 0 aromatic heterocycles. The highest BCUT2D eigenvalue weighted by Gasteiger charge is 2.12. The minimum absolute atomic E-state index is 0.00570. The van der Waals surface area contributed by atoms with Gasteiger partial charge in [-0.15, -0.1) is 0 Å². The molecule has 0 fully saturated rings. The lowest BCUT2D eigenvalue weighted by Gasteiger charge is -2.15. The second kappa shape index (κ2) is 5.09. The number of methoxy groups -OCH3 is 1. The van der Waals surface area contributed by atoms with Crippen LogP contribution in [0.25, 0.3) is 0 Å². The Bertz CT molecular complexity index is 342. The zero-order valence-electron chi connectivity index (χ0n) is 8.96. The van der Waals surface area contributed by atoms with E-state index in [1.807, 2.05) is 6.92 Å². The van der Waals surface area contributed by atoms with Gasteiger partial charge in [0, 0.05) is 12.6 Å². The zero-order chi connectivity index (χ0) is 11.4. The summed E-state index contributed by atoms with van der Waals surface area (Å²) in [4.78, 5) is 0. The number of hydrogen-bond acceptors (Lipinski definition) is 3. The average Bonchev–Trinajstić information content (AvgIpc) is 2.21. The maximum Gasteiger partial charge on any atom is 0.165 e. The zero-order valence-corrected chi connectivity index (χ0v) is 8.96. The minimum Gasteiger partial charge on any atom is -0.494 e. The summed E-state index contributed by atoms with van der Waals surface area (Å²) in [5.74, 6) is -0.209. The van der Waals surface area contributed by atoms with Crippen molar-refractivity contribution >= 4 is 0 Å². The van der Waals surface area contributed by atoms with E-state index in [1.54, 1.807) is 6.07 Å². The summed E-state index contributed by atoms with van der Waals surface area (Å²) in [6.45, 7) is 1.84. The smallest absolute Gasteiger partial charge is 0.165 e. The molecule has 0 aliphatic rings. The molecule has 3 N–H and O–H groups in total. The van der Waals surface area contributed by atoms with E-state index >= 15 is 0 Å². The van der Waals surface area contributed by atoms with E-state index in [2.05, 4.69) is 0 Å².